The van der Waals surface area contributed by atoms with Crippen molar-refractivity contribution in [1.82, 2.24) is 10.2 Å². The van der Waals surface area contributed by atoms with E-state index in [-0.39, 0.29) is 6.42 Å². The second kappa shape index (κ2) is 4.94. The Morgan fingerprint density at radius 3 is 2.61 bits per heavy atom. The van der Waals surface area contributed by atoms with E-state index in [2.05, 4.69) is 10.2 Å². The zero-order valence-corrected chi connectivity index (χ0v) is 9.83. The quantitative estimate of drug-likeness (QED) is 0.832. The first kappa shape index (κ1) is 12.8. The maximum Gasteiger partial charge on any atom is 0.416 e. The molecule has 0 bridgehead atoms. The van der Waals surface area contributed by atoms with E-state index in [1.807, 2.05) is 0 Å². The van der Waals surface area contributed by atoms with Crippen LogP contribution < -0.4 is 0 Å². The summed E-state index contributed by atoms with van der Waals surface area (Å²) in [6, 6.07) is 6.69. The molecule has 0 radical (unpaired) electrons. The molecule has 0 unspecified atom stereocenters. The monoisotopic (exact) mass is 272 g/mol. The first-order valence-electron chi connectivity index (χ1n) is 5.08. The molecule has 1 heterocycles. The molecule has 6 heteroatoms. The second-order valence-corrected chi connectivity index (χ2v) is 4.18. The third-order valence-corrected chi connectivity index (χ3v) is 2.52. The fourth-order valence-electron chi connectivity index (χ4n) is 1.54. The van der Waals surface area contributed by atoms with Crippen molar-refractivity contribution in [3.05, 3.63) is 58.4 Å². The number of nitrogens with zero attached hydrogens (tertiary/aromatic N) is 2. The molecule has 0 amide bonds. The van der Waals surface area contributed by atoms with Gasteiger partial charge < -0.3 is 0 Å². The van der Waals surface area contributed by atoms with Gasteiger partial charge in [0.2, 0.25) is 0 Å². The molecule has 0 saturated heterocycles. The summed E-state index contributed by atoms with van der Waals surface area (Å²) >= 11 is 5.73. The van der Waals surface area contributed by atoms with Crippen LogP contribution in [0.3, 0.4) is 0 Å². The minimum Gasteiger partial charge on any atom is -0.166 e. The maximum absolute atomic E-state index is 12.5. The van der Waals surface area contributed by atoms with E-state index in [0.717, 1.165) is 12.1 Å². The summed E-state index contributed by atoms with van der Waals surface area (Å²) in [5.74, 6) is 0. The summed E-state index contributed by atoms with van der Waals surface area (Å²) in [6.45, 7) is 0. The van der Waals surface area contributed by atoms with Gasteiger partial charge in [-0.2, -0.15) is 23.4 Å². The number of hydrogen-bond donors (Lipinski definition) is 0. The standard InChI is InChI=1S/C12H8ClF3N2/c13-10-6-11(18-17-7-10)5-8-2-1-3-9(4-8)12(14,15)16/h1-4,6-7H,5H2. The van der Waals surface area contributed by atoms with Gasteiger partial charge in [0.25, 0.3) is 0 Å². The Morgan fingerprint density at radius 2 is 1.94 bits per heavy atom. The number of aromatic nitrogens is 2. The summed E-state index contributed by atoms with van der Waals surface area (Å²) in [5.41, 5.74) is 0.373. The molecule has 2 aromatic rings. The Labute approximate surface area is 106 Å². The summed E-state index contributed by atoms with van der Waals surface area (Å²) in [7, 11) is 0. The van der Waals surface area contributed by atoms with E-state index in [1.54, 1.807) is 12.1 Å². The van der Waals surface area contributed by atoms with Gasteiger partial charge in [0.05, 0.1) is 22.5 Å². The van der Waals surface area contributed by atoms with Gasteiger partial charge in [0.15, 0.2) is 0 Å². The number of alkyl halides is 3. The lowest BCUT2D eigenvalue weighted by atomic mass is 10.1. The van der Waals surface area contributed by atoms with Crippen LogP contribution in [0.5, 0.6) is 0 Å². The van der Waals surface area contributed by atoms with Crippen LogP contribution in [0, 0.1) is 0 Å². The fourth-order valence-corrected chi connectivity index (χ4v) is 1.71. The first-order chi connectivity index (χ1) is 8.45. The highest BCUT2D eigenvalue weighted by atomic mass is 35.5. The molecule has 1 aromatic heterocycles. The molecule has 18 heavy (non-hydrogen) atoms. The van der Waals surface area contributed by atoms with Crippen molar-refractivity contribution in [2.24, 2.45) is 0 Å². The summed E-state index contributed by atoms with van der Waals surface area (Å²) in [4.78, 5) is 0. The zero-order chi connectivity index (χ0) is 13.2. The van der Waals surface area contributed by atoms with Crippen LogP contribution in [-0.4, -0.2) is 10.2 Å². The Kier molecular flexibility index (Phi) is 3.52. The minimum atomic E-state index is -4.34. The zero-order valence-electron chi connectivity index (χ0n) is 9.08. The van der Waals surface area contributed by atoms with Crippen molar-refractivity contribution >= 4 is 11.6 Å². The molecule has 0 spiro atoms. The van der Waals surface area contributed by atoms with Crippen LogP contribution >= 0.6 is 11.6 Å². The molecule has 0 atom stereocenters. The minimum absolute atomic E-state index is 0.261. The van der Waals surface area contributed by atoms with E-state index in [0.29, 0.717) is 16.3 Å². The highest BCUT2D eigenvalue weighted by molar-refractivity contribution is 6.30. The molecule has 2 nitrogen and oxygen atoms in total. The molecule has 0 aliphatic heterocycles. The lowest BCUT2D eigenvalue weighted by molar-refractivity contribution is -0.137. The van der Waals surface area contributed by atoms with Crippen molar-refractivity contribution in [2.45, 2.75) is 12.6 Å². The highest BCUT2D eigenvalue weighted by Gasteiger charge is 2.30. The van der Waals surface area contributed by atoms with E-state index in [4.69, 9.17) is 11.6 Å². The van der Waals surface area contributed by atoms with Crippen LogP contribution in [0.15, 0.2) is 36.5 Å². The number of rotatable bonds is 2. The molecule has 1 aromatic carbocycles. The summed E-state index contributed by atoms with van der Waals surface area (Å²) in [5, 5.41) is 7.87. The van der Waals surface area contributed by atoms with Gasteiger partial charge in [-0.25, -0.2) is 0 Å². The van der Waals surface area contributed by atoms with Crippen molar-refractivity contribution in [2.75, 3.05) is 0 Å². The Hall–Kier alpha value is -1.62. The van der Waals surface area contributed by atoms with Gasteiger partial charge in [-0.3, -0.25) is 0 Å². The van der Waals surface area contributed by atoms with Gasteiger partial charge in [-0.05, 0) is 17.7 Å². The van der Waals surface area contributed by atoms with Gasteiger partial charge >= 0.3 is 6.18 Å². The first-order valence-corrected chi connectivity index (χ1v) is 5.46. The molecule has 0 fully saturated rings. The number of benzene rings is 1. The van der Waals surface area contributed by atoms with E-state index in [1.165, 1.54) is 12.3 Å². The smallest absolute Gasteiger partial charge is 0.166 e. The third-order valence-electron chi connectivity index (χ3n) is 2.31. The van der Waals surface area contributed by atoms with Crippen LogP contribution in [0.25, 0.3) is 0 Å². The molecule has 0 saturated carbocycles. The summed E-state index contributed by atoms with van der Waals surface area (Å²) in [6.07, 6.45) is -2.70. The van der Waals surface area contributed by atoms with Crippen LogP contribution in [-0.2, 0) is 12.6 Å². The van der Waals surface area contributed by atoms with Crippen LogP contribution in [0.2, 0.25) is 5.02 Å². The number of hydrogen-bond acceptors (Lipinski definition) is 2. The lowest BCUT2D eigenvalue weighted by Gasteiger charge is -2.08. The van der Waals surface area contributed by atoms with Crippen molar-refractivity contribution in [3.63, 3.8) is 0 Å². The van der Waals surface area contributed by atoms with Gasteiger partial charge in [-0.15, -0.1) is 0 Å². The Morgan fingerprint density at radius 1 is 1.17 bits per heavy atom. The largest absolute Gasteiger partial charge is 0.416 e. The number of halogens is 4. The maximum atomic E-state index is 12.5. The second-order valence-electron chi connectivity index (χ2n) is 3.74. The predicted molar refractivity (Wildman–Crippen MR) is 61.3 cm³/mol. The fraction of sp³-hybridized carbons (Fsp3) is 0.167. The molecule has 2 rings (SSSR count). The lowest BCUT2D eigenvalue weighted by Crippen LogP contribution is -2.05. The summed E-state index contributed by atoms with van der Waals surface area (Å²) < 4.78 is 37.6. The van der Waals surface area contributed by atoms with Gasteiger partial charge in [-0.1, -0.05) is 29.8 Å². The normalized spacial score (nSPS) is 11.6. The van der Waals surface area contributed by atoms with E-state index >= 15 is 0 Å². The average Bonchev–Trinajstić information content (AvgIpc) is 2.28. The third kappa shape index (κ3) is 3.20. The highest BCUT2D eigenvalue weighted by Crippen LogP contribution is 2.29. The average molecular weight is 273 g/mol. The van der Waals surface area contributed by atoms with Crippen molar-refractivity contribution in [1.29, 1.82) is 0 Å². The van der Waals surface area contributed by atoms with Crippen LogP contribution in [0.4, 0.5) is 13.2 Å². The molecule has 0 N–H and O–H groups in total. The van der Waals surface area contributed by atoms with E-state index in [9.17, 15) is 13.2 Å². The topological polar surface area (TPSA) is 25.8 Å². The molecule has 0 aliphatic carbocycles. The van der Waals surface area contributed by atoms with Crippen molar-refractivity contribution in [3.8, 4) is 0 Å². The van der Waals surface area contributed by atoms with Gasteiger partial charge in [0.1, 0.15) is 0 Å². The SMILES string of the molecule is FC(F)(F)c1cccc(Cc2cc(Cl)cnn2)c1. The Bertz CT molecular complexity index is 555. The predicted octanol–water partition coefficient (Wildman–Crippen LogP) is 3.74. The molecular formula is C12H8ClF3N2. The van der Waals surface area contributed by atoms with Crippen LogP contribution in [0.1, 0.15) is 16.8 Å². The van der Waals surface area contributed by atoms with Crippen molar-refractivity contribution < 1.29 is 13.2 Å². The van der Waals surface area contributed by atoms with E-state index < -0.39 is 11.7 Å². The molecular weight excluding hydrogens is 265 g/mol. The Balaban J connectivity index is 2.25. The molecule has 94 valence electrons. The van der Waals surface area contributed by atoms with Gasteiger partial charge in [0, 0.05) is 6.42 Å². The molecule has 0 aliphatic rings.